The number of aryl methyl sites for hydroxylation is 1. The predicted octanol–water partition coefficient (Wildman–Crippen LogP) is 3.02. The van der Waals surface area contributed by atoms with E-state index in [9.17, 15) is 9.59 Å². The van der Waals surface area contributed by atoms with Crippen molar-refractivity contribution in [2.24, 2.45) is 0 Å². The van der Waals surface area contributed by atoms with Crippen molar-refractivity contribution < 1.29 is 14.3 Å². The number of esters is 1. The quantitative estimate of drug-likeness (QED) is 0.833. The molecule has 2 aromatic rings. The van der Waals surface area contributed by atoms with E-state index in [1.807, 2.05) is 48.7 Å². The number of benzene rings is 1. The zero-order valence-corrected chi connectivity index (χ0v) is 13.5. The highest BCUT2D eigenvalue weighted by Gasteiger charge is 2.19. The molecule has 0 aliphatic carbocycles. The minimum absolute atomic E-state index is 0.105. The van der Waals surface area contributed by atoms with E-state index in [0.717, 1.165) is 16.0 Å². The Hall–Kier alpha value is -2.14. The molecule has 1 atom stereocenters. The van der Waals surface area contributed by atoms with Gasteiger partial charge in [0.15, 0.2) is 0 Å². The fourth-order valence-electron chi connectivity index (χ4n) is 2.10. The zero-order valence-electron chi connectivity index (χ0n) is 12.7. The summed E-state index contributed by atoms with van der Waals surface area (Å²) in [4.78, 5) is 24.7. The fourth-order valence-corrected chi connectivity index (χ4v) is 2.88. The van der Waals surface area contributed by atoms with Crippen LogP contribution >= 0.6 is 11.3 Å². The van der Waals surface area contributed by atoms with Gasteiger partial charge in [0.2, 0.25) is 5.91 Å². The second-order valence-electron chi connectivity index (χ2n) is 5.08. The molecule has 0 aliphatic rings. The van der Waals surface area contributed by atoms with Crippen LogP contribution in [0.1, 0.15) is 28.5 Å². The second-order valence-corrected chi connectivity index (χ2v) is 6.06. The Bertz CT molecular complexity index is 620. The minimum Gasteiger partial charge on any atom is -0.469 e. The van der Waals surface area contributed by atoms with Crippen molar-refractivity contribution in [1.82, 2.24) is 5.32 Å². The maximum Gasteiger partial charge on any atom is 0.307 e. The molecule has 0 aliphatic heterocycles. The smallest absolute Gasteiger partial charge is 0.307 e. The van der Waals surface area contributed by atoms with Crippen LogP contribution in [0.3, 0.4) is 0 Å². The predicted molar refractivity (Wildman–Crippen MR) is 86.7 cm³/mol. The number of rotatable bonds is 6. The van der Waals surface area contributed by atoms with E-state index in [0.29, 0.717) is 6.42 Å². The lowest BCUT2D eigenvalue weighted by Gasteiger charge is -2.16. The van der Waals surface area contributed by atoms with Crippen molar-refractivity contribution in [2.45, 2.75) is 25.8 Å². The van der Waals surface area contributed by atoms with Crippen molar-refractivity contribution >= 4 is 23.2 Å². The van der Waals surface area contributed by atoms with Crippen LogP contribution in [0.25, 0.3) is 0 Å². The SMILES string of the molecule is COC(=O)CC(NC(=O)Cc1ccc(C)cc1)c1cccs1. The highest BCUT2D eigenvalue weighted by Crippen LogP contribution is 2.22. The molecule has 0 fully saturated rings. The highest BCUT2D eigenvalue weighted by atomic mass is 32.1. The van der Waals surface area contributed by atoms with Gasteiger partial charge in [0, 0.05) is 4.88 Å². The summed E-state index contributed by atoms with van der Waals surface area (Å²) in [5.41, 5.74) is 2.11. The number of hydrogen-bond acceptors (Lipinski definition) is 4. The van der Waals surface area contributed by atoms with Crippen LogP contribution in [-0.2, 0) is 20.7 Å². The van der Waals surface area contributed by atoms with Crippen LogP contribution in [0.5, 0.6) is 0 Å². The number of hydrogen-bond donors (Lipinski definition) is 1. The Morgan fingerprint density at radius 3 is 2.55 bits per heavy atom. The van der Waals surface area contributed by atoms with Gasteiger partial charge in [-0.3, -0.25) is 9.59 Å². The average Bonchev–Trinajstić information content (AvgIpc) is 3.03. The molecule has 22 heavy (non-hydrogen) atoms. The molecule has 0 saturated carbocycles. The zero-order chi connectivity index (χ0) is 15.9. The topological polar surface area (TPSA) is 55.4 Å². The van der Waals surface area contributed by atoms with Gasteiger partial charge in [-0.15, -0.1) is 11.3 Å². The largest absolute Gasteiger partial charge is 0.469 e. The summed E-state index contributed by atoms with van der Waals surface area (Å²) in [5.74, 6) is -0.444. The van der Waals surface area contributed by atoms with E-state index in [4.69, 9.17) is 4.74 Å². The Morgan fingerprint density at radius 1 is 1.23 bits per heavy atom. The molecule has 116 valence electrons. The Balaban J connectivity index is 2.01. The first-order valence-corrected chi connectivity index (χ1v) is 7.91. The molecule has 0 bridgehead atoms. The van der Waals surface area contributed by atoms with Gasteiger partial charge < -0.3 is 10.1 Å². The van der Waals surface area contributed by atoms with Crippen molar-refractivity contribution in [3.63, 3.8) is 0 Å². The number of methoxy groups -OCH3 is 1. The third kappa shape index (κ3) is 4.70. The van der Waals surface area contributed by atoms with Gasteiger partial charge in [0.25, 0.3) is 0 Å². The number of carbonyl (C=O) groups is 2. The first-order chi connectivity index (χ1) is 10.6. The molecule has 5 heteroatoms. The molecular formula is C17H19NO3S. The molecule has 0 radical (unpaired) electrons. The van der Waals surface area contributed by atoms with Crippen LogP contribution in [0.15, 0.2) is 41.8 Å². The lowest BCUT2D eigenvalue weighted by atomic mass is 10.1. The fraction of sp³-hybridized carbons (Fsp3) is 0.294. The Labute approximate surface area is 134 Å². The molecule has 1 N–H and O–H groups in total. The summed E-state index contributed by atoms with van der Waals surface area (Å²) in [7, 11) is 1.35. The van der Waals surface area contributed by atoms with Gasteiger partial charge in [-0.1, -0.05) is 35.9 Å². The molecule has 1 aromatic carbocycles. The van der Waals surface area contributed by atoms with E-state index >= 15 is 0 Å². The third-order valence-electron chi connectivity index (χ3n) is 3.31. The molecule has 4 nitrogen and oxygen atoms in total. The standard InChI is InChI=1S/C17H19NO3S/c1-12-5-7-13(8-6-12)10-16(19)18-14(11-17(20)21-2)15-4-3-9-22-15/h3-9,14H,10-11H2,1-2H3,(H,18,19). The maximum absolute atomic E-state index is 12.2. The van der Waals surface area contributed by atoms with Crippen molar-refractivity contribution in [3.05, 3.63) is 57.8 Å². The summed E-state index contributed by atoms with van der Waals surface area (Å²) in [6.07, 6.45) is 0.431. The Kier molecular flexibility index (Phi) is 5.72. The van der Waals surface area contributed by atoms with Crippen LogP contribution in [-0.4, -0.2) is 19.0 Å². The minimum atomic E-state index is -0.342. The Morgan fingerprint density at radius 2 is 1.95 bits per heavy atom. The van der Waals surface area contributed by atoms with Gasteiger partial charge in [0.1, 0.15) is 0 Å². The third-order valence-corrected chi connectivity index (χ3v) is 4.29. The van der Waals surface area contributed by atoms with Gasteiger partial charge >= 0.3 is 5.97 Å². The van der Waals surface area contributed by atoms with Crippen molar-refractivity contribution in [1.29, 1.82) is 0 Å². The molecule has 1 heterocycles. The molecule has 0 spiro atoms. The molecule has 2 rings (SSSR count). The summed E-state index contributed by atoms with van der Waals surface area (Å²) < 4.78 is 4.71. The number of carbonyl (C=O) groups excluding carboxylic acids is 2. The van der Waals surface area contributed by atoms with Crippen molar-refractivity contribution in [3.8, 4) is 0 Å². The lowest BCUT2D eigenvalue weighted by Crippen LogP contribution is -2.31. The first kappa shape index (κ1) is 16.2. The van der Waals surface area contributed by atoms with Crippen LogP contribution in [0.2, 0.25) is 0 Å². The van der Waals surface area contributed by atoms with E-state index in [-0.39, 0.29) is 24.3 Å². The lowest BCUT2D eigenvalue weighted by molar-refractivity contribution is -0.141. The summed E-state index contributed by atoms with van der Waals surface area (Å²) >= 11 is 1.51. The maximum atomic E-state index is 12.2. The summed E-state index contributed by atoms with van der Waals surface area (Å²) in [5, 5.41) is 4.84. The monoisotopic (exact) mass is 317 g/mol. The number of nitrogens with one attached hydrogen (secondary N) is 1. The van der Waals surface area contributed by atoms with E-state index < -0.39 is 0 Å². The van der Waals surface area contributed by atoms with E-state index in [1.54, 1.807) is 0 Å². The summed E-state index contributed by atoms with van der Waals surface area (Å²) in [6, 6.07) is 11.3. The average molecular weight is 317 g/mol. The molecular weight excluding hydrogens is 298 g/mol. The van der Waals surface area contributed by atoms with Gasteiger partial charge in [0.05, 0.1) is 26.0 Å². The second kappa shape index (κ2) is 7.75. The number of ether oxygens (including phenoxy) is 1. The normalized spacial score (nSPS) is 11.7. The molecule has 1 amide bonds. The van der Waals surface area contributed by atoms with Crippen LogP contribution in [0.4, 0.5) is 0 Å². The van der Waals surface area contributed by atoms with Gasteiger partial charge in [-0.2, -0.15) is 0 Å². The van der Waals surface area contributed by atoms with Crippen molar-refractivity contribution in [2.75, 3.05) is 7.11 Å². The molecule has 1 aromatic heterocycles. The van der Waals surface area contributed by atoms with Crippen LogP contribution in [0, 0.1) is 6.92 Å². The van der Waals surface area contributed by atoms with Gasteiger partial charge in [-0.05, 0) is 23.9 Å². The van der Waals surface area contributed by atoms with Crippen LogP contribution < -0.4 is 5.32 Å². The summed E-state index contributed by atoms with van der Waals surface area (Å²) in [6.45, 7) is 2.01. The molecule has 1 unspecified atom stereocenters. The number of thiophene rings is 1. The first-order valence-electron chi connectivity index (χ1n) is 7.03. The molecule has 0 saturated heterocycles. The number of amides is 1. The highest BCUT2D eigenvalue weighted by molar-refractivity contribution is 7.10. The van der Waals surface area contributed by atoms with E-state index in [1.165, 1.54) is 18.4 Å². The van der Waals surface area contributed by atoms with E-state index in [2.05, 4.69) is 5.32 Å². The van der Waals surface area contributed by atoms with Gasteiger partial charge in [-0.25, -0.2) is 0 Å².